The van der Waals surface area contributed by atoms with E-state index in [9.17, 15) is 0 Å². The van der Waals surface area contributed by atoms with Crippen molar-refractivity contribution in [3.8, 4) is 0 Å². The van der Waals surface area contributed by atoms with Gasteiger partial charge in [-0.25, -0.2) is 0 Å². The quantitative estimate of drug-likeness (QED) is 0.834. The van der Waals surface area contributed by atoms with Gasteiger partial charge in [0.05, 0.1) is 5.69 Å². The summed E-state index contributed by atoms with van der Waals surface area (Å²) in [4.78, 5) is 7.05. The van der Waals surface area contributed by atoms with Gasteiger partial charge < -0.3 is 12.4 Å². The van der Waals surface area contributed by atoms with E-state index in [1.165, 1.54) is 42.6 Å². The van der Waals surface area contributed by atoms with Crippen molar-refractivity contribution in [3.63, 3.8) is 0 Å². The number of hydrogen-bond acceptors (Lipinski definition) is 2. The monoisotopic (exact) mass is 313 g/mol. The summed E-state index contributed by atoms with van der Waals surface area (Å²) < 4.78 is 0. The van der Waals surface area contributed by atoms with Gasteiger partial charge in [0.1, 0.15) is 0 Å². The first kappa shape index (κ1) is 16.7. The number of aryl methyl sites for hydroxylation is 1. The number of aromatic nitrogens is 1. The van der Waals surface area contributed by atoms with Crippen LogP contribution in [0, 0.1) is 6.92 Å². The van der Waals surface area contributed by atoms with Crippen LogP contribution in [0.25, 0.3) is 5.57 Å². The first-order chi connectivity index (χ1) is 10.3. The van der Waals surface area contributed by atoms with Crippen molar-refractivity contribution in [1.82, 2.24) is 9.88 Å². The Morgan fingerprint density at radius 1 is 1.09 bits per heavy atom. The van der Waals surface area contributed by atoms with Gasteiger partial charge in [0.15, 0.2) is 0 Å². The van der Waals surface area contributed by atoms with Gasteiger partial charge in [-0.2, -0.15) is 0 Å². The molecule has 0 radical (unpaired) electrons. The molecule has 22 heavy (non-hydrogen) atoms. The molecule has 3 heteroatoms. The first-order valence-corrected chi connectivity index (χ1v) is 7.74. The lowest BCUT2D eigenvalue weighted by Crippen LogP contribution is -3.00. The molecule has 1 aromatic heterocycles. The van der Waals surface area contributed by atoms with Gasteiger partial charge in [-0.05, 0) is 50.6 Å². The molecule has 1 aromatic carbocycles. The highest BCUT2D eigenvalue weighted by Gasteiger charge is 2.11. The van der Waals surface area contributed by atoms with Crippen molar-refractivity contribution < 1.29 is 12.4 Å². The van der Waals surface area contributed by atoms with E-state index < -0.39 is 0 Å². The fourth-order valence-corrected chi connectivity index (χ4v) is 2.81. The molecule has 0 bridgehead atoms. The van der Waals surface area contributed by atoms with Crippen molar-refractivity contribution in [1.29, 1.82) is 0 Å². The molecule has 2 nitrogen and oxygen atoms in total. The average molecular weight is 314 g/mol. The van der Waals surface area contributed by atoms with Crippen molar-refractivity contribution in [2.24, 2.45) is 0 Å². The fraction of sp³-hybridized carbons (Fsp3) is 0.316. The van der Waals surface area contributed by atoms with Crippen LogP contribution >= 0.6 is 0 Å². The Hall–Kier alpha value is -1.64. The zero-order valence-corrected chi connectivity index (χ0v) is 13.8. The molecule has 2 aromatic rings. The van der Waals surface area contributed by atoms with Crippen LogP contribution in [0.2, 0.25) is 0 Å². The largest absolute Gasteiger partial charge is 1.00 e. The maximum Gasteiger partial charge on any atom is 0.0705 e. The van der Waals surface area contributed by atoms with Crippen LogP contribution in [-0.2, 0) is 0 Å². The predicted molar refractivity (Wildman–Crippen MR) is 88.2 cm³/mol. The molecular weight excluding hydrogens is 292 g/mol. The molecule has 0 N–H and O–H groups in total. The molecular formula is C19H22ClN2-. The Labute approximate surface area is 139 Å². The smallest absolute Gasteiger partial charge is 0.0705 e. The predicted octanol–water partition coefficient (Wildman–Crippen LogP) is 0.922. The summed E-state index contributed by atoms with van der Waals surface area (Å²) >= 11 is 0. The number of hydrogen-bond donors (Lipinski definition) is 0. The normalized spacial score (nSPS) is 15.6. The minimum absolute atomic E-state index is 0. The Kier molecular flexibility index (Phi) is 6.17. The lowest BCUT2D eigenvalue weighted by Gasteiger charge is -2.14. The lowest BCUT2D eigenvalue weighted by atomic mass is 10.0. The third-order valence-corrected chi connectivity index (χ3v) is 4.06. The van der Waals surface area contributed by atoms with Crippen molar-refractivity contribution in [2.45, 2.75) is 19.8 Å². The zero-order valence-electron chi connectivity index (χ0n) is 13.0. The van der Waals surface area contributed by atoms with Gasteiger partial charge >= 0.3 is 0 Å². The summed E-state index contributed by atoms with van der Waals surface area (Å²) in [6.45, 7) is 5.58. The molecule has 0 unspecified atom stereocenters. The van der Waals surface area contributed by atoms with Crippen LogP contribution in [0.4, 0.5) is 0 Å². The van der Waals surface area contributed by atoms with Gasteiger partial charge in [-0.1, -0.05) is 42.0 Å². The summed E-state index contributed by atoms with van der Waals surface area (Å²) in [6, 6.07) is 14.8. The van der Waals surface area contributed by atoms with Gasteiger partial charge in [0.25, 0.3) is 0 Å². The van der Waals surface area contributed by atoms with Crippen LogP contribution in [0.3, 0.4) is 0 Å². The third kappa shape index (κ3) is 4.19. The van der Waals surface area contributed by atoms with E-state index in [4.69, 9.17) is 0 Å². The molecule has 116 valence electrons. The van der Waals surface area contributed by atoms with E-state index in [0.29, 0.717) is 0 Å². The van der Waals surface area contributed by atoms with E-state index >= 15 is 0 Å². The number of rotatable bonds is 4. The minimum atomic E-state index is 0. The molecule has 3 rings (SSSR count). The second-order valence-corrected chi connectivity index (χ2v) is 5.71. The van der Waals surface area contributed by atoms with Crippen molar-refractivity contribution >= 4 is 5.57 Å². The molecule has 1 aliphatic heterocycles. The van der Waals surface area contributed by atoms with Gasteiger partial charge in [0.2, 0.25) is 0 Å². The van der Waals surface area contributed by atoms with Crippen molar-refractivity contribution in [2.75, 3.05) is 19.6 Å². The SMILES string of the molecule is Cc1ccc(/C(=C\CN2CCCC2)c2ccccn2)cc1.[Cl-]. The lowest BCUT2D eigenvalue weighted by molar-refractivity contribution is -0.00000433. The van der Waals surface area contributed by atoms with E-state index in [-0.39, 0.29) is 12.4 Å². The third-order valence-electron chi connectivity index (χ3n) is 4.06. The Balaban J connectivity index is 0.00000176. The fourth-order valence-electron chi connectivity index (χ4n) is 2.81. The summed E-state index contributed by atoms with van der Waals surface area (Å²) in [5.74, 6) is 0. The van der Waals surface area contributed by atoms with Crippen LogP contribution in [0.5, 0.6) is 0 Å². The summed E-state index contributed by atoms with van der Waals surface area (Å²) in [6.07, 6.45) is 6.86. The van der Waals surface area contributed by atoms with Crippen LogP contribution in [-0.4, -0.2) is 29.5 Å². The number of pyridine rings is 1. The Morgan fingerprint density at radius 3 is 2.45 bits per heavy atom. The van der Waals surface area contributed by atoms with E-state index in [0.717, 1.165) is 12.2 Å². The molecule has 1 saturated heterocycles. The Bertz CT molecular complexity index is 599. The minimum Gasteiger partial charge on any atom is -1.00 e. The number of halogens is 1. The van der Waals surface area contributed by atoms with Crippen LogP contribution in [0.1, 0.15) is 29.7 Å². The van der Waals surface area contributed by atoms with Crippen LogP contribution in [0.15, 0.2) is 54.7 Å². The van der Waals surface area contributed by atoms with E-state index in [2.05, 4.69) is 59.3 Å². The summed E-state index contributed by atoms with van der Waals surface area (Å²) in [7, 11) is 0. The van der Waals surface area contributed by atoms with E-state index in [1.807, 2.05) is 12.3 Å². The summed E-state index contributed by atoms with van der Waals surface area (Å²) in [5, 5.41) is 0. The molecule has 0 atom stereocenters. The molecule has 1 fully saturated rings. The molecule has 0 saturated carbocycles. The highest BCUT2D eigenvalue weighted by molar-refractivity contribution is 5.78. The average Bonchev–Trinajstić information content (AvgIpc) is 3.04. The zero-order chi connectivity index (χ0) is 14.5. The van der Waals surface area contributed by atoms with Gasteiger partial charge in [0, 0.05) is 18.3 Å². The number of benzene rings is 1. The molecule has 2 heterocycles. The number of nitrogens with zero attached hydrogens (tertiary/aromatic N) is 2. The first-order valence-electron chi connectivity index (χ1n) is 7.74. The van der Waals surface area contributed by atoms with Gasteiger partial charge in [-0.15, -0.1) is 0 Å². The molecule has 0 amide bonds. The topological polar surface area (TPSA) is 16.1 Å². The summed E-state index contributed by atoms with van der Waals surface area (Å²) in [5.41, 5.74) is 4.83. The second-order valence-electron chi connectivity index (χ2n) is 5.71. The molecule has 1 aliphatic rings. The van der Waals surface area contributed by atoms with Crippen molar-refractivity contribution in [3.05, 3.63) is 71.6 Å². The standard InChI is InChI=1S/C19H22N2.ClH/c1-16-7-9-17(10-8-16)18(19-6-2-3-12-20-19)11-15-21-13-4-5-14-21;/h2-3,6-12H,4-5,13-15H2,1H3;1H/p-1/b18-11+;. The highest BCUT2D eigenvalue weighted by atomic mass is 35.5. The Morgan fingerprint density at radius 2 is 1.82 bits per heavy atom. The second kappa shape index (κ2) is 8.11. The maximum absolute atomic E-state index is 4.54. The van der Waals surface area contributed by atoms with Crippen LogP contribution < -0.4 is 12.4 Å². The highest BCUT2D eigenvalue weighted by Crippen LogP contribution is 2.22. The number of likely N-dealkylation sites (tertiary alicyclic amines) is 1. The maximum atomic E-state index is 4.54. The molecule has 0 spiro atoms. The van der Waals surface area contributed by atoms with Gasteiger partial charge in [-0.3, -0.25) is 9.88 Å². The van der Waals surface area contributed by atoms with E-state index in [1.54, 1.807) is 0 Å². The molecule has 0 aliphatic carbocycles.